The number of nitrogens with one attached hydrogen (secondary N) is 2. The molecule has 1 amide bonds. The van der Waals surface area contributed by atoms with Crippen LogP contribution in [0.4, 0.5) is 4.39 Å². The number of thiophene rings is 1. The highest BCUT2D eigenvalue weighted by atomic mass is 35.5. The van der Waals surface area contributed by atoms with Crippen molar-refractivity contribution in [2.75, 3.05) is 0 Å². The highest BCUT2D eigenvalue weighted by Crippen LogP contribution is 2.36. The van der Waals surface area contributed by atoms with Gasteiger partial charge in [-0.3, -0.25) is 9.79 Å². The Morgan fingerprint density at radius 3 is 2.65 bits per heavy atom. The van der Waals surface area contributed by atoms with Crippen LogP contribution in [0.2, 0.25) is 5.02 Å². The molecule has 1 aliphatic rings. The van der Waals surface area contributed by atoms with Crippen molar-refractivity contribution in [1.29, 1.82) is 0 Å². The molecular weight excluding hydrogens is 433 g/mol. The summed E-state index contributed by atoms with van der Waals surface area (Å²) in [6.07, 6.45) is 0. The summed E-state index contributed by atoms with van der Waals surface area (Å²) in [5, 5.41) is 8.50. The minimum Gasteiger partial charge on any atom is -0.346 e. The molecule has 0 saturated heterocycles. The topological polar surface area (TPSA) is 53.5 Å². The molecule has 2 N–H and O–H groups in total. The molecule has 0 radical (unpaired) electrons. The van der Waals surface area contributed by atoms with Gasteiger partial charge in [0, 0.05) is 16.3 Å². The lowest BCUT2D eigenvalue weighted by molar-refractivity contribution is -0.118. The number of benzene rings is 2. The van der Waals surface area contributed by atoms with E-state index in [1.807, 2.05) is 61.7 Å². The van der Waals surface area contributed by atoms with Crippen LogP contribution in [-0.2, 0) is 4.79 Å². The van der Waals surface area contributed by atoms with Gasteiger partial charge >= 0.3 is 0 Å². The van der Waals surface area contributed by atoms with Gasteiger partial charge in [0.1, 0.15) is 17.7 Å². The second-order valence-electron chi connectivity index (χ2n) is 7.29. The molecule has 0 spiro atoms. The lowest BCUT2D eigenvalue weighted by Crippen LogP contribution is -2.37. The summed E-state index contributed by atoms with van der Waals surface area (Å²) in [5.41, 5.74) is 2.71. The molecule has 3 aromatic rings. The number of amidine groups is 1. The quantitative estimate of drug-likeness (QED) is 0.514. The fourth-order valence-electron chi connectivity index (χ4n) is 3.56. The second kappa shape index (κ2) is 9.04. The number of amides is 1. The third-order valence-electron chi connectivity index (χ3n) is 5.14. The van der Waals surface area contributed by atoms with Crippen LogP contribution < -0.4 is 10.6 Å². The number of hydrogen-bond acceptors (Lipinski definition) is 4. The molecule has 0 aliphatic carbocycles. The average molecular weight is 454 g/mol. The van der Waals surface area contributed by atoms with Crippen molar-refractivity contribution in [2.45, 2.75) is 25.9 Å². The van der Waals surface area contributed by atoms with Gasteiger partial charge in [-0.05, 0) is 43.0 Å². The van der Waals surface area contributed by atoms with Gasteiger partial charge in [-0.15, -0.1) is 11.3 Å². The number of rotatable bonds is 5. The summed E-state index contributed by atoms with van der Waals surface area (Å²) in [4.78, 5) is 19.1. The Hall–Kier alpha value is -2.96. The number of carbonyl (C=O) groups excluding carboxylic acids is 1. The summed E-state index contributed by atoms with van der Waals surface area (Å²) in [6, 6.07) is 16.9. The Labute approximate surface area is 189 Å². The molecule has 0 saturated carbocycles. The van der Waals surface area contributed by atoms with E-state index < -0.39 is 11.9 Å². The van der Waals surface area contributed by atoms with E-state index in [1.165, 1.54) is 12.1 Å². The maximum absolute atomic E-state index is 13.7. The van der Waals surface area contributed by atoms with Crippen molar-refractivity contribution in [3.8, 4) is 0 Å². The van der Waals surface area contributed by atoms with Gasteiger partial charge in [-0.1, -0.05) is 54.1 Å². The van der Waals surface area contributed by atoms with Crippen LogP contribution in [-0.4, -0.2) is 11.7 Å². The second-order valence-corrected chi connectivity index (χ2v) is 8.65. The largest absolute Gasteiger partial charge is 0.346 e. The van der Waals surface area contributed by atoms with Crippen LogP contribution in [0.5, 0.6) is 0 Å². The van der Waals surface area contributed by atoms with E-state index in [9.17, 15) is 9.18 Å². The van der Waals surface area contributed by atoms with Gasteiger partial charge in [0.25, 0.3) is 5.91 Å². The first kappa shape index (κ1) is 21.3. The SMILES string of the molecule is CC1=C(C(=O)N[C@@H](C)c2ccccc2)[C@H](c2ccc(F)cc2Cl)N=C(c2cccs2)N1. The zero-order valence-electron chi connectivity index (χ0n) is 17.0. The molecule has 7 heteroatoms. The highest BCUT2D eigenvalue weighted by Gasteiger charge is 2.32. The van der Waals surface area contributed by atoms with Crippen LogP contribution in [0, 0.1) is 5.82 Å². The van der Waals surface area contributed by atoms with Gasteiger partial charge < -0.3 is 10.6 Å². The van der Waals surface area contributed by atoms with E-state index in [0.29, 0.717) is 22.7 Å². The third-order valence-corrected chi connectivity index (χ3v) is 6.35. The number of hydrogen-bond donors (Lipinski definition) is 2. The van der Waals surface area contributed by atoms with E-state index in [0.717, 1.165) is 10.4 Å². The Kier molecular flexibility index (Phi) is 6.20. The minimum atomic E-state index is -0.658. The third kappa shape index (κ3) is 4.55. The molecule has 2 aromatic carbocycles. The molecule has 4 rings (SSSR count). The van der Waals surface area contributed by atoms with Gasteiger partial charge in [-0.25, -0.2) is 4.39 Å². The van der Waals surface area contributed by atoms with Crippen LogP contribution in [0.15, 0.2) is 82.3 Å². The van der Waals surface area contributed by atoms with Crippen LogP contribution in [0.1, 0.15) is 41.9 Å². The zero-order chi connectivity index (χ0) is 22.0. The van der Waals surface area contributed by atoms with E-state index in [4.69, 9.17) is 16.6 Å². The summed E-state index contributed by atoms with van der Waals surface area (Å²) in [6.45, 7) is 3.77. The van der Waals surface area contributed by atoms with Crippen molar-refractivity contribution < 1.29 is 9.18 Å². The number of carbonyl (C=O) groups is 1. The molecule has 0 unspecified atom stereocenters. The average Bonchev–Trinajstić information content (AvgIpc) is 3.28. The smallest absolute Gasteiger partial charge is 0.251 e. The predicted octanol–water partition coefficient (Wildman–Crippen LogP) is 5.78. The van der Waals surface area contributed by atoms with Crippen LogP contribution in [0.25, 0.3) is 0 Å². The fourth-order valence-corrected chi connectivity index (χ4v) is 4.50. The summed E-state index contributed by atoms with van der Waals surface area (Å²) < 4.78 is 13.7. The fraction of sp³-hybridized carbons (Fsp3) is 0.167. The van der Waals surface area contributed by atoms with Crippen molar-refractivity contribution >= 4 is 34.7 Å². The molecule has 0 bridgehead atoms. The minimum absolute atomic E-state index is 0.194. The first-order valence-corrected chi connectivity index (χ1v) is 11.1. The lowest BCUT2D eigenvalue weighted by Gasteiger charge is -2.28. The number of halogens is 2. The summed E-state index contributed by atoms with van der Waals surface area (Å²) in [5.74, 6) is -0.0270. The first-order valence-electron chi connectivity index (χ1n) is 9.84. The molecule has 0 fully saturated rings. The normalized spacial score (nSPS) is 17.0. The van der Waals surface area contributed by atoms with Gasteiger partial charge in [0.2, 0.25) is 0 Å². The van der Waals surface area contributed by atoms with Gasteiger partial charge in [0.15, 0.2) is 0 Å². The molecule has 1 aliphatic heterocycles. The van der Waals surface area contributed by atoms with E-state index in [1.54, 1.807) is 17.4 Å². The Morgan fingerprint density at radius 1 is 1.19 bits per heavy atom. The van der Waals surface area contributed by atoms with Crippen LogP contribution in [0.3, 0.4) is 0 Å². The molecule has 2 heterocycles. The van der Waals surface area contributed by atoms with E-state index >= 15 is 0 Å². The standard InChI is InChI=1S/C24H21ClFN3OS/c1-14(16-7-4-3-5-8-16)28-24(30)21-15(2)27-23(20-9-6-12-31-20)29-22(21)18-11-10-17(26)13-19(18)25/h3-14,22H,1-2H3,(H,27,29)(H,28,30)/t14-,22-/m0/s1. The molecule has 158 valence electrons. The summed E-state index contributed by atoms with van der Waals surface area (Å²) in [7, 11) is 0. The van der Waals surface area contributed by atoms with Crippen molar-refractivity contribution in [3.05, 3.63) is 104 Å². The van der Waals surface area contributed by atoms with Gasteiger partial charge in [0.05, 0.1) is 16.5 Å². The van der Waals surface area contributed by atoms with E-state index in [-0.39, 0.29) is 17.0 Å². The van der Waals surface area contributed by atoms with Gasteiger partial charge in [-0.2, -0.15) is 0 Å². The zero-order valence-corrected chi connectivity index (χ0v) is 18.6. The van der Waals surface area contributed by atoms with Crippen molar-refractivity contribution in [1.82, 2.24) is 10.6 Å². The molecule has 1 aromatic heterocycles. The molecular formula is C24H21ClFN3OS. The van der Waals surface area contributed by atoms with E-state index in [2.05, 4.69) is 10.6 Å². The Morgan fingerprint density at radius 2 is 1.97 bits per heavy atom. The first-order chi connectivity index (χ1) is 14.9. The predicted molar refractivity (Wildman–Crippen MR) is 124 cm³/mol. The van der Waals surface area contributed by atoms with Crippen molar-refractivity contribution in [3.63, 3.8) is 0 Å². The maximum atomic E-state index is 13.7. The number of allylic oxidation sites excluding steroid dienone is 1. The lowest BCUT2D eigenvalue weighted by atomic mass is 9.94. The number of nitrogens with zero attached hydrogens (tertiary/aromatic N) is 1. The monoisotopic (exact) mass is 453 g/mol. The maximum Gasteiger partial charge on any atom is 0.251 e. The Balaban J connectivity index is 1.72. The van der Waals surface area contributed by atoms with Crippen molar-refractivity contribution in [2.24, 2.45) is 4.99 Å². The van der Waals surface area contributed by atoms with Crippen LogP contribution >= 0.6 is 22.9 Å². The molecule has 31 heavy (non-hydrogen) atoms. The summed E-state index contributed by atoms with van der Waals surface area (Å²) >= 11 is 7.92. The number of aliphatic imine (C=N–C) groups is 1. The molecule has 4 nitrogen and oxygen atoms in total. The highest BCUT2D eigenvalue weighted by molar-refractivity contribution is 7.12. The molecule has 2 atom stereocenters. The Bertz CT molecular complexity index is 1160.